The molecule has 2 heterocycles. The third-order valence-electron chi connectivity index (χ3n) is 6.33. The number of benzene rings is 1. The van der Waals surface area contributed by atoms with Crippen LogP contribution in [0.2, 0.25) is 0 Å². The first-order valence-electron chi connectivity index (χ1n) is 11.6. The van der Waals surface area contributed by atoms with Crippen molar-refractivity contribution in [3.63, 3.8) is 0 Å². The molecule has 0 aliphatic carbocycles. The summed E-state index contributed by atoms with van der Waals surface area (Å²) in [5.74, 6) is -0.0325. The van der Waals surface area contributed by atoms with Gasteiger partial charge in [-0.05, 0) is 57.2 Å². The zero-order valence-corrected chi connectivity index (χ0v) is 20.0. The molecule has 8 heteroatoms. The minimum atomic E-state index is -3.34. The maximum atomic E-state index is 12.8. The summed E-state index contributed by atoms with van der Waals surface area (Å²) in [6.45, 7) is 11.4. The number of nitrogens with zero attached hydrogens (tertiary/aromatic N) is 3. The molecule has 2 aliphatic heterocycles. The number of nitrogens with one attached hydrogen (secondary N) is 1. The highest BCUT2D eigenvalue weighted by Gasteiger charge is 2.38. The zero-order valence-electron chi connectivity index (χ0n) is 19.2. The van der Waals surface area contributed by atoms with Crippen molar-refractivity contribution < 1.29 is 13.2 Å². The number of hydrogen-bond donors (Lipinski definition) is 1. The van der Waals surface area contributed by atoms with Gasteiger partial charge < -0.3 is 10.2 Å². The van der Waals surface area contributed by atoms with Gasteiger partial charge in [-0.3, -0.25) is 9.69 Å². The molecule has 2 atom stereocenters. The van der Waals surface area contributed by atoms with Crippen molar-refractivity contribution in [3.8, 4) is 0 Å². The lowest BCUT2D eigenvalue weighted by Gasteiger charge is -2.36. The molecule has 1 aromatic rings. The fraction of sp³-hybridized carbons (Fsp3) is 0.696. The van der Waals surface area contributed by atoms with Crippen LogP contribution in [0.3, 0.4) is 0 Å². The Balaban J connectivity index is 1.42. The highest BCUT2D eigenvalue weighted by Crippen LogP contribution is 2.22. The summed E-state index contributed by atoms with van der Waals surface area (Å²) in [5.41, 5.74) is 2.58. The SMILES string of the molecule is CCCS(=O)(=O)N1CCCC1C(=O)NC(C)CCN1CCN(c2cccc(C)c2)CC1. The number of sulfonamides is 1. The Morgan fingerprint density at radius 3 is 2.61 bits per heavy atom. The lowest BCUT2D eigenvalue weighted by atomic mass is 10.1. The second-order valence-electron chi connectivity index (χ2n) is 8.95. The highest BCUT2D eigenvalue weighted by molar-refractivity contribution is 7.89. The van der Waals surface area contributed by atoms with E-state index < -0.39 is 16.1 Å². The monoisotopic (exact) mass is 450 g/mol. The van der Waals surface area contributed by atoms with Crippen molar-refractivity contribution in [3.05, 3.63) is 29.8 Å². The molecule has 0 saturated carbocycles. The van der Waals surface area contributed by atoms with Crippen LogP contribution < -0.4 is 10.2 Å². The van der Waals surface area contributed by atoms with Crippen molar-refractivity contribution in [2.75, 3.05) is 49.9 Å². The number of piperazine rings is 1. The second kappa shape index (κ2) is 10.8. The predicted molar refractivity (Wildman–Crippen MR) is 126 cm³/mol. The summed E-state index contributed by atoms with van der Waals surface area (Å²) in [7, 11) is -3.34. The molecule has 31 heavy (non-hydrogen) atoms. The molecule has 0 radical (unpaired) electrons. The average molecular weight is 451 g/mol. The average Bonchev–Trinajstić information content (AvgIpc) is 3.24. The molecule has 0 spiro atoms. The van der Waals surface area contributed by atoms with Crippen molar-refractivity contribution >= 4 is 21.6 Å². The molecule has 0 aromatic heterocycles. The lowest BCUT2D eigenvalue weighted by Crippen LogP contribution is -2.50. The zero-order chi connectivity index (χ0) is 22.4. The van der Waals surface area contributed by atoms with E-state index >= 15 is 0 Å². The van der Waals surface area contributed by atoms with Crippen molar-refractivity contribution in [1.29, 1.82) is 0 Å². The number of carbonyl (C=O) groups is 1. The van der Waals surface area contributed by atoms with E-state index in [2.05, 4.69) is 46.3 Å². The molecule has 1 N–H and O–H groups in total. The van der Waals surface area contributed by atoms with E-state index in [1.54, 1.807) is 0 Å². The van der Waals surface area contributed by atoms with E-state index in [9.17, 15) is 13.2 Å². The van der Waals surface area contributed by atoms with Crippen LogP contribution in [0.5, 0.6) is 0 Å². The van der Waals surface area contributed by atoms with Gasteiger partial charge in [0.05, 0.1) is 5.75 Å². The van der Waals surface area contributed by atoms with Gasteiger partial charge in [-0.25, -0.2) is 8.42 Å². The van der Waals surface area contributed by atoms with E-state index in [1.165, 1.54) is 15.6 Å². The summed E-state index contributed by atoms with van der Waals surface area (Å²) >= 11 is 0. The van der Waals surface area contributed by atoms with E-state index in [1.807, 2.05) is 13.8 Å². The van der Waals surface area contributed by atoms with Gasteiger partial charge in [0.15, 0.2) is 0 Å². The molecule has 3 rings (SSSR count). The van der Waals surface area contributed by atoms with Gasteiger partial charge in [-0.1, -0.05) is 19.1 Å². The third kappa shape index (κ3) is 6.43. The number of rotatable bonds is 9. The maximum Gasteiger partial charge on any atom is 0.238 e. The fourth-order valence-electron chi connectivity index (χ4n) is 4.55. The first-order chi connectivity index (χ1) is 14.8. The van der Waals surface area contributed by atoms with Gasteiger partial charge in [0.1, 0.15) is 6.04 Å². The molecule has 2 unspecified atom stereocenters. The number of hydrogen-bond acceptors (Lipinski definition) is 5. The van der Waals surface area contributed by atoms with Crippen LogP contribution in [0.4, 0.5) is 5.69 Å². The van der Waals surface area contributed by atoms with Gasteiger partial charge in [-0.2, -0.15) is 4.31 Å². The topological polar surface area (TPSA) is 73.0 Å². The van der Waals surface area contributed by atoms with Crippen molar-refractivity contribution in [2.24, 2.45) is 0 Å². The van der Waals surface area contributed by atoms with Crippen molar-refractivity contribution in [1.82, 2.24) is 14.5 Å². The Morgan fingerprint density at radius 2 is 1.94 bits per heavy atom. The van der Waals surface area contributed by atoms with Crippen LogP contribution in [-0.2, 0) is 14.8 Å². The molecule has 0 bridgehead atoms. The minimum absolute atomic E-state index is 0.0265. The lowest BCUT2D eigenvalue weighted by molar-refractivity contribution is -0.124. The van der Waals surface area contributed by atoms with Gasteiger partial charge in [0.2, 0.25) is 15.9 Å². The normalized spacial score (nSPS) is 21.9. The summed E-state index contributed by atoms with van der Waals surface area (Å²) < 4.78 is 26.3. The smallest absolute Gasteiger partial charge is 0.238 e. The van der Waals surface area contributed by atoms with Crippen LogP contribution in [0.1, 0.15) is 45.1 Å². The van der Waals surface area contributed by atoms with Gasteiger partial charge in [0, 0.05) is 51.0 Å². The van der Waals surface area contributed by atoms with Crippen LogP contribution in [-0.4, -0.2) is 80.6 Å². The molecule has 1 amide bonds. The fourth-order valence-corrected chi connectivity index (χ4v) is 6.30. The standard InChI is InChI=1S/C23H38N4O3S/c1-4-17-31(29,30)27-11-6-9-22(27)23(28)24-20(3)10-12-25-13-15-26(16-14-25)21-8-5-7-19(2)18-21/h5,7-8,18,20,22H,4,6,9-17H2,1-3H3,(H,24,28). The second-order valence-corrected chi connectivity index (χ2v) is 11.0. The van der Waals surface area contributed by atoms with E-state index in [-0.39, 0.29) is 17.7 Å². The maximum absolute atomic E-state index is 12.8. The van der Waals surface area contributed by atoms with Crippen molar-refractivity contribution in [2.45, 2.75) is 58.5 Å². The van der Waals surface area contributed by atoms with E-state index in [0.29, 0.717) is 19.4 Å². The number of amides is 1. The number of aryl methyl sites for hydroxylation is 1. The van der Waals surface area contributed by atoms with Crippen LogP contribution in [0.15, 0.2) is 24.3 Å². The van der Waals surface area contributed by atoms with Crippen LogP contribution >= 0.6 is 0 Å². The Bertz CT molecular complexity index is 837. The Kier molecular flexibility index (Phi) is 8.36. The summed E-state index contributed by atoms with van der Waals surface area (Å²) in [5, 5.41) is 3.06. The van der Waals surface area contributed by atoms with Gasteiger partial charge >= 0.3 is 0 Å². The van der Waals surface area contributed by atoms with Gasteiger partial charge in [0.25, 0.3) is 0 Å². The summed E-state index contributed by atoms with van der Waals surface area (Å²) in [4.78, 5) is 17.6. The highest BCUT2D eigenvalue weighted by atomic mass is 32.2. The first-order valence-corrected chi connectivity index (χ1v) is 13.2. The number of carbonyl (C=O) groups excluding carboxylic acids is 1. The largest absolute Gasteiger partial charge is 0.369 e. The van der Waals surface area contributed by atoms with E-state index in [0.717, 1.165) is 45.6 Å². The minimum Gasteiger partial charge on any atom is -0.369 e. The summed E-state index contributed by atoms with van der Waals surface area (Å²) in [6, 6.07) is 8.13. The first kappa shape index (κ1) is 24.0. The Morgan fingerprint density at radius 1 is 1.19 bits per heavy atom. The molecule has 2 fully saturated rings. The molecule has 2 saturated heterocycles. The van der Waals surface area contributed by atoms with Crippen LogP contribution in [0, 0.1) is 6.92 Å². The molecular formula is C23H38N4O3S. The summed E-state index contributed by atoms with van der Waals surface area (Å²) in [6.07, 6.45) is 2.80. The molecule has 2 aliphatic rings. The quantitative estimate of drug-likeness (QED) is 0.625. The molecular weight excluding hydrogens is 412 g/mol. The Labute approximate surface area is 187 Å². The third-order valence-corrected chi connectivity index (χ3v) is 8.41. The number of anilines is 1. The van der Waals surface area contributed by atoms with Gasteiger partial charge in [-0.15, -0.1) is 0 Å². The predicted octanol–water partition coefficient (Wildman–Crippen LogP) is 2.22. The Hall–Kier alpha value is -1.64. The molecule has 174 valence electrons. The van der Waals surface area contributed by atoms with Crippen LogP contribution in [0.25, 0.3) is 0 Å². The molecule has 7 nitrogen and oxygen atoms in total. The van der Waals surface area contributed by atoms with E-state index in [4.69, 9.17) is 0 Å². The molecule has 1 aromatic carbocycles.